The van der Waals surface area contributed by atoms with Crippen LogP contribution in [0.3, 0.4) is 0 Å². The van der Waals surface area contributed by atoms with Gasteiger partial charge in [0.25, 0.3) is 5.91 Å². The van der Waals surface area contributed by atoms with Gasteiger partial charge in [-0.25, -0.2) is 4.79 Å². The number of nitrogens with zero attached hydrogens (tertiary/aromatic N) is 2. The molecule has 0 saturated heterocycles. The molecule has 26 heavy (non-hydrogen) atoms. The van der Waals surface area contributed by atoms with Gasteiger partial charge < -0.3 is 15.0 Å². The summed E-state index contributed by atoms with van der Waals surface area (Å²) in [6, 6.07) is 12.1. The van der Waals surface area contributed by atoms with Crippen molar-refractivity contribution < 1.29 is 14.7 Å². The van der Waals surface area contributed by atoms with E-state index in [0.717, 1.165) is 25.7 Å². The summed E-state index contributed by atoms with van der Waals surface area (Å²) in [5.74, 6) is -1.38. The number of carbonyl (C=O) groups excluding carboxylic acids is 1. The van der Waals surface area contributed by atoms with Gasteiger partial charge >= 0.3 is 5.97 Å². The largest absolute Gasteiger partial charge is 0.478 e. The lowest BCUT2D eigenvalue weighted by atomic mass is 10.1. The van der Waals surface area contributed by atoms with Crippen LogP contribution in [0.5, 0.6) is 0 Å². The number of benzene rings is 1. The molecule has 1 saturated carbocycles. The molecule has 1 heterocycles. The Balaban J connectivity index is 1.88. The zero-order chi connectivity index (χ0) is 18.5. The third-order valence-corrected chi connectivity index (χ3v) is 4.50. The Morgan fingerprint density at radius 2 is 2.00 bits per heavy atom. The summed E-state index contributed by atoms with van der Waals surface area (Å²) in [5, 5.41) is 21.4. The number of hydrogen-bond donors (Lipinski definition) is 2. The number of aromatic nitrogens is 1. The SMILES string of the molecule is N#C/C(=C/c1cccn1-c1cccc(C(=O)O)c1)C(=O)NC1CCCC1. The maximum atomic E-state index is 12.4. The molecule has 0 bridgehead atoms. The van der Waals surface area contributed by atoms with Gasteiger partial charge in [0.15, 0.2) is 0 Å². The van der Waals surface area contributed by atoms with Gasteiger partial charge in [-0.05, 0) is 49.2 Å². The van der Waals surface area contributed by atoms with Gasteiger partial charge in [0.2, 0.25) is 0 Å². The van der Waals surface area contributed by atoms with Gasteiger partial charge in [-0.2, -0.15) is 5.26 Å². The molecule has 0 aliphatic heterocycles. The first-order chi connectivity index (χ1) is 12.6. The van der Waals surface area contributed by atoms with Crippen LogP contribution in [0.25, 0.3) is 11.8 Å². The fraction of sp³-hybridized carbons (Fsp3) is 0.250. The predicted molar refractivity (Wildman–Crippen MR) is 96.7 cm³/mol. The number of nitrogens with one attached hydrogen (secondary N) is 1. The summed E-state index contributed by atoms with van der Waals surface area (Å²) in [7, 11) is 0. The number of nitriles is 1. The normalized spacial score (nSPS) is 14.8. The van der Waals surface area contributed by atoms with E-state index in [-0.39, 0.29) is 23.1 Å². The summed E-state index contributed by atoms with van der Waals surface area (Å²) < 4.78 is 1.74. The van der Waals surface area contributed by atoms with Crippen molar-refractivity contribution in [2.75, 3.05) is 0 Å². The van der Waals surface area contributed by atoms with Crippen molar-refractivity contribution in [3.05, 3.63) is 59.4 Å². The van der Waals surface area contributed by atoms with Crippen molar-refractivity contribution in [3.8, 4) is 11.8 Å². The first-order valence-electron chi connectivity index (χ1n) is 8.52. The van der Waals surface area contributed by atoms with Crippen LogP contribution in [-0.4, -0.2) is 27.6 Å². The first kappa shape index (κ1) is 17.5. The van der Waals surface area contributed by atoms with Crippen LogP contribution in [0.4, 0.5) is 0 Å². The standard InChI is InChI=1S/C20H19N3O3/c21-13-15(19(24)22-16-6-1-2-7-16)12-18-9-4-10-23(18)17-8-3-5-14(11-17)20(25)26/h3-5,8-12,16H,1-2,6-7H2,(H,22,24)(H,25,26)/b15-12-. The topological polar surface area (TPSA) is 95.1 Å². The minimum atomic E-state index is -1.01. The molecule has 6 heteroatoms. The van der Waals surface area contributed by atoms with Crippen molar-refractivity contribution >= 4 is 18.0 Å². The van der Waals surface area contributed by atoms with E-state index in [1.807, 2.05) is 6.07 Å². The summed E-state index contributed by atoms with van der Waals surface area (Å²) in [5.41, 5.74) is 1.48. The fourth-order valence-corrected chi connectivity index (χ4v) is 3.17. The van der Waals surface area contributed by atoms with Crippen molar-refractivity contribution in [3.63, 3.8) is 0 Å². The van der Waals surface area contributed by atoms with Crippen molar-refractivity contribution in [2.45, 2.75) is 31.7 Å². The second-order valence-corrected chi connectivity index (χ2v) is 6.28. The van der Waals surface area contributed by atoms with Crippen molar-refractivity contribution in [2.24, 2.45) is 0 Å². The number of rotatable bonds is 5. The molecule has 0 spiro atoms. The highest BCUT2D eigenvalue weighted by Crippen LogP contribution is 2.19. The highest BCUT2D eigenvalue weighted by Gasteiger charge is 2.19. The molecule has 3 rings (SSSR count). The number of aromatic carboxylic acids is 1. The Hall–Kier alpha value is -3.33. The third kappa shape index (κ3) is 3.83. The molecule has 0 unspecified atom stereocenters. The average Bonchev–Trinajstić information content (AvgIpc) is 3.31. The van der Waals surface area contributed by atoms with Crippen LogP contribution < -0.4 is 5.32 Å². The molecular weight excluding hydrogens is 330 g/mol. The minimum absolute atomic E-state index is 0.0336. The van der Waals surface area contributed by atoms with Gasteiger partial charge in [-0.3, -0.25) is 4.79 Å². The van der Waals surface area contributed by atoms with Crippen LogP contribution in [-0.2, 0) is 4.79 Å². The summed E-state index contributed by atoms with van der Waals surface area (Å²) >= 11 is 0. The molecule has 0 atom stereocenters. The molecule has 1 aromatic carbocycles. The van der Waals surface area contributed by atoms with E-state index < -0.39 is 5.97 Å². The summed E-state index contributed by atoms with van der Waals surface area (Å²) in [6.07, 6.45) is 7.37. The highest BCUT2D eigenvalue weighted by molar-refractivity contribution is 6.01. The monoisotopic (exact) mass is 349 g/mol. The molecule has 1 fully saturated rings. The first-order valence-corrected chi connectivity index (χ1v) is 8.52. The number of hydrogen-bond acceptors (Lipinski definition) is 3. The van der Waals surface area contributed by atoms with Crippen molar-refractivity contribution in [1.82, 2.24) is 9.88 Å². The van der Waals surface area contributed by atoms with Crippen molar-refractivity contribution in [1.29, 1.82) is 5.26 Å². The minimum Gasteiger partial charge on any atom is -0.478 e. The maximum absolute atomic E-state index is 12.4. The predicted octanol–water partition coefficient (Wildman–Crippen LogP) is 3.14. The molecule has 132 valence electrons. The average molecular weight is 349 g/mol. The molecule has 1 aliphatic carbocycles. The summed E-state index contributed by atoms with van der Waals surface area (Å²) in [4.78, 5) is 23.5. The molecular formula is C20H19N3O3. The van der Waals surface area contributed by atoms with Gasteiger partial charge in [-0.1, -0.05) is 18.9 Å². The molecule has 0 radical (unpaired) electrons. The van der Waals surface area contributed by atoms with Crippen LogP contribution in [0.15, 0.2) is 48.2 Å². The smallest absolute Gasteiger partial charge is 0.335 e. The van der Waals surface area contributed by atoms with Crippen LogP contribution in [0.2, 0.25) is 0 Å². The zero-order valence-corrected chi connectivity index (χ0v) is 14.2. The van der Waals surface area contributed by atoms with E-state index in [4.69, 9.17) is 5.11 Å². The lowest BCUT2D eigenvalue weighted by molar-refractivity contribution is -0.117. The quantitative estimate of drug-likeness (QED) is 0.640. The van der Waals surface area contributed by atoms with E-state index in [1.165, 1.54) is 12.1 Å². The van der Waals surface area contributed by atoms with Gasteiger partial charge in [-0.15, -0.1) is 0 Å². The molecule has 1 amide bonds. The molecule has 1 aliphatic rings. The Morgan fingerprint density at radius 3 is 2.69 bits per heavy atom. The molecule has 2 N–H and O–H groups in total. The highest BCUT2D eigenvalue weighted by atomic mass is 16.4. The van der Waals surface area contributed by atoms with E-state index in [1.54, 1.807) is 41.1 Å². The van der Waals surface area contributed by atoms with Gasteiger partial charge in [0.1, 0.15) is 11.6 Å². The van der Waals surface area contributed by atoms with E-state index in [2.05, 4.69) is 5.32 Å². The van der Waals surface area contributed by atoms with E-state index in [0.29, 0.717) is 11.4 Å². The summed E-state index contributed by atoms with van der Waals surface area (Å²) in [6.45, 7) is 0. The molecule has 2 aromatic rings. The lowest BCUT2D eigenvalue weighted by Crippen LogP contribution is -2.33. The third-order valence-electron chi connectivity index (χ3n) is 4.50. The Labute approximate surface area is 151 Å². The van der Waals surface area contributed by atoms with Crippen LogP contribution in [0, 0.1) is 11.3 Å². The Morgan fingerprint density at radius 1 is 1.23 bits per heavy atom. The van der Waals surface area contributed by atoms with E-state index in [9.17, 15) is 14.9 Å². The molecule has 6 nitrogen and oxygen atoms in total. The molecule has 1 aromatic heterocycles. The second kappa shape index (κ2) is 7.70. The second-order valence-electron chi connectivity index (χ2n) is 6.28. The maximum Gasteiger partial charge on any atom is 0.335 e. The number of amides is 1. The van der Waals surface area contributed by atoms with E-state index >= 15 is 0 Å². The van der Waals surface area contributed by atoms with Crippen LogP contribution >= 0.6 is 0 Å². The van der Waals surface area contributed by atoms with Crippen LogP contribution in [0.1, 0.15) is 41.7 Å². The fourth-order valence-electron chi connectivity index (χ4n) is 3.17. The van der Waals surface area contributed by atoms with Gasteiger partial charge in [0, 0.05) is 23.6 Å². The lowest BCUT2D eigenvalue weighted by Gasteiger charge is -2.11. The number of carboxylic acids is 1. The number of carbonyl (C=O) groups is 2. The number of carboxylic acid groups (broad SMARTS) is 1. The van der Waals surface area contributed by atoms with Gasteiger partial charge in [0.05, 0.1) is 5.56 Å². The Bertz CT molecular complexity index is 899. The Kier molecular flexibility index (Phi) is 5.18. The zero-order valence-electron chi connectivity index (χ0n) is 14.2.